The van der Waals surface area contributed by atoms with Crippen molar-refractivity contribution in [1.29, 1.82) is 0 Å². The number of alkyl halides is 3. The van der Waals surface area contributed by atoms with Crippen LogP contribution in [0.4, 0.5) is 18.9 Å². The number of aryl methyl sites for hydroxylation is 1. The van der Waals surface area contributed by atoms with Gasteiger partial charge in [0.1, 0.15) is 12.6 Å². The number of halogens is 3. The number of carbonyl (C=O) groups excluding carboxylic acids is 2. The van der Waals surface area contributed by atoms with Gasteiger partial charge in [0.15, 0.2) is 0 Å². The first-order valence-corrected chi connectivity index (χ1v) is 14.8. The minimum absolute atomic E-state index is 0.0255. The highest BCUT2D eigenvalue weighted by Crippen LogP contribution is 2.32. The average molecular weight is 590 g/mol. The van der Waals surface area contributed by atoms with E-state index in [-0.39, 0.29) is 24.7 Å². The molecule has 1 N–H and O–H groups in total. The minimum atomic E-state index is -4.71. The van der Waals surface area contributed by atoms with Crippen LogP contribution in [-0.4, -0.2) is 50.0 Å². The second-order valence-corrected chi connectivity index (χ2v) is 12.1. The van der Waals surface area contributed by atoms with E-state index in [1.165, 1.54) is 11.0 Å². The molecule has 220 valence electrons. The Morgan fingerprint density at radius 2 is 1.54 bits per heavy atom. The van der Waals surface area contributed by atoms with Gasteiger partial charge in [-0.2, -0.15) is 13.2 Å². The number of hydrogen-bond donors (Lipinski definition) is 1. The summed E-state index contributed by atoms with van der Waals surface area (Å²) in [6.45, 7) is 4.64. The third kappa shape index (κ3) is 9.07. The summed E-state index contributed by atoms with van der Waals surface area (Å²) in [7, 11) is -4.19. The van der Waals surface area contributed by atoms with E-state index < -0.39 is 46.2 Å². The van der Waals surface area contributed by atoms with Gasteiger partial charge in [0.25, 0.3) is 0 Å². The monoisotopic (exact) mass is 589 g/mol. The highest BCUT2D eigenvalue weighted by Gasteiger charge is 2.35. The minimum Gasteiger partial charge on any atom is -0.352 e. The molecule has 0 fully saturated rings. The summed E-state index contributed by atoms with van der Waals surface area (Å²) < 4.78 is 66.4. The first-order valence-electron chi connectivity index (χ1n) is 13.0. The van der Waals surface area contributed by atoms with Crippen molar-refractivity contribution in [3.63, 3.8) is 0 Å². The Morgan fingerprint density at radius 3 is 2.10 bits per heavy atom. The number of sulfonamides is 1. The van der Waals surface area contributed by atoms with Crippen LogP contribution in [0, 0.1) is 6.92 Å². The largest absolute Gasteiger partial charge is 0.416 e. The van der Waals surface area contributed by atoms with Gasteiger partial charge in [0.2, 0.25) is 21.8 Å². The van der Waals surface area contributed by atoms with E-state index in [0.29, 0.717) is 15.9 Å². The zero-order valence-electron chi connectivity index (χ0n) is 23.4. The molecule has 0 aliphatic carbocycles. The fourth-order valence-corrected chi connectivity index (χ4v) is 5.12. The highest BCUT2D eigenvalue weighted by molar-refractivity contribution is 7.92. The van der Waals surface area contributed by atoms with E-state index in [1.807, 2.05) is 37.3 Å². The standard InChI is InChI=1S/C30H34F3N3O4S/c1-21(2)34-29(38)27(17-23-9-6-5-7-10-23)35(19-24-15-13-22(3)14-16-24)28(37)20-36(41(4,39)40)26-12-8-11-25(18-26)30(31,32)33/h5-16,18,21,27H,17,19-20H2,1-4H3,(H,34,38)/t27-/m0/s1. The van der Waals surface area contributed by atoms with E-state index in [4.69, 9.17) is 0 Å². The molecule has 2 amide bonds. The van der Waals surface area contributed by atoms with E-state index in [1.54, 1.807) is 38.1 Å². The zero-order chi connectivity index (χ0) is 30.4. The summed E-state index contributed by atoms with van der Waals surface area (Å²) in [5.41, 5.74) is 1.10. The van der Waals surface area contributed by atoms with Crippen molar-refractivity contribution in [3.8, 4) is 0 Å². The van der Waals surface area contributed by atoms with Gasteiger partial charge in [-0.3, -0.25) is 13.9 Å². The quantitative estimate of drug-likeness (QED) is 0.343. The molecule has 1 atom stereocenters. The van der Waals surface area contributed by atoms with Gasteiger partial charge in [-0.25, -0.2) is 8.42 Å². The molecule has 0 aromatic heterocycles. The number of rotatable bonds is 11. The van der Waals surface area contributed by atoms with Gasteiger partial charge < -0.3 is 10.2 Å². The first kappa shape index (κ1) is 31.7. The van der Waals surface area contributed by atoms with Crippen molar-refractivity contribution in [2.24, 2.45) is 0 Å². The van der Waals surface area contributed by atoms with Crippen molar-refractivity contribution in [3.05, 3.63) is 101 Å². The summed E-state index contributed by atoms with van der Waals surface area (Å²) in [6, 6.07) is 18.9. The van der Waals surface area contributed by atoms with Crippen LogP contribution in [0.15, 0.2) is 78.9 Å². The zero-order valence-corrected chi connectivity index (χ0v) is 24.2. The molecule has 0 aliphatic heterocycles. The smallest absolute Gasteiger partial charge is 0.352 e. The van der Waals surface area contributed by atoms with Crippen molar-refractivity contribution in [2.75, 3.05) is 17.1 Å². The number of carbonyl (C=O) groups is 2. The van der Waals surface area contributed by atoms with Crippen LogP contribution in [0.25, 0.3) is 0 Å². The molecule has 11 heteroatoms. The third-order valence-electron chi connectivity index (χ3n) is 6.32. The predicted molar refractivity (Wildman–Crippen MR) is 153 cm³/mol. The van der Waals surface area contributed by atoms with Crippen LogP contribution in [-0.2, 0) is 38.8 Å². The average Bonchev–Trinajstić information content (AvgIpc) is 2.89. The number of nitrogens with one attached hydrogen (secondary N) is 1. The molecular weight excluding hydrogens is 555 g/mol. The molecule has 0 aliphatic rings. The van der Waals surface area contributed by atoms with Gasteiger partial charge in [-0.15, -0.1) is 0 Å². The molecule has 0 bridgehead atoms. The molecular formula is C30H34F3N3O4S. The SMILES string of the molecule is Cc1ccc(CN(C(=O)CN(c2cccc(C(F)(F)F)c2)S(C)(=O)=O)[C@@H](Cc2ccccc2)C(=O)NC(C)C)cc1. The molecule has 0 radical (unpaired) electrons. The summed E-state index contributed by atoms with van der Waals surface area (Å²) in [5, 5.41) is 2.84. The Morgan fingerprint density at radius 1 is 0.902 bits per heavy atom. The van der Waals surface area contributed by atoms with Gasteiger partial charge in [-0.1, -0.05) is 66.2 Å². The van der Waals surface area contributed by atoms with Crippen LogP contribution in [0.2, 0.25) is 0 Å². The van der Waals surface area contributed by atoms with Crippen LogP contribution < -0.4 is 9.62 Å². The number of hydrogen-bond acceptors (Lipinski definition) is 4. The molecule has 0 spiro atoms. The number of anilines is 1. The van der Waals surface area contributed by atoms with Gasteiger partial charge in [-0.05, 0) is 50.1 Å². The lowest BCUT2D eigenvalue weighted by molar-refractivity contribution is -0.140. The summed E-state index contributed by atoms with van der Waals surface area (Å²) >= 11 is 0. The molecule has 41 heavy (non-hydrogen) atoms. The molecule has 0 unspecified atom stereocenters. The molecule has 0 heterocycles. The van der Waals surface area contributed by atoms with Crippen LogP contribution >= 0.6 is 0 Å². The fourth-order valence-electron chi connectivity index (χ4n) is 4.28. The lowest BCUT2D eigenvalue weighted by Gasteiger charge is -2.34. The Balaban J connectivity index is 2.07. The second kappa shape index (κ2) is 13.2. The molecule has 0 saturated heterocycles. The summed E-state index contributed by atoms with van der Waals surface area (Å²) in [5.74, 6) is -1.18. The molecule has 7 nitrogen and oxygen atoms in total. The van der Waals surface area contributed by atoms with E-state index in [9.17, 15) is 31.2 Å². The number of benzene rings is 3. The van der Waals surface area contributed by atoms with Crippen LogP contribution in [0.5, 0.6) is 0 Å². The fraction of sp³-hybridized carbons (Fsp3) is 0.333. The van der Waals surface area contributed by atoms with Crippen LogP contribution in [0.1, 0.15) is 36.1 Å². The maximum absolute atomic E-state index is 14.0. The molecule has 3 aromatic rings. The van der Waals surface area contributed by atoms with Crippen LogP contribution in [0.3, 0.4) is 0 Å². The lowest BCUT2D eigenvalue weighted by Crippen LogP contribution is -2.54. The Hall–Kier alpha value is -3.86. The summed E-state index contributed by atoms with van der Waals surface area (Å²) in [4.78, 5) is 28.8. The van der Waals surface area contributed by atoms with Crippen molar-refractivity contribution >= 4 is 27.5 Å². The maximum Gasteiger partial charge on any atom is 0.416 e. The predicted octanol–water partition coefficient (Wildman–Crippen LogP) is 4.94. The van der Waals surface area contributed by atoms with Gasteiger partial charge in [0.05, 0.1) is 17.5 Å². The molecule has 3 rings (SSSR count). The Bertz CT molecular complexity index is 1440. The lowest BCUT2D eigenvalue weighted by atomic mass is 10.0. The number of amides is 2. The highest BCUT2D eigenvalue weighted by atomic mass is 32.2. The molecule has 3 aromatic carbocycles. The van der Waals surface area contributed by atoms with E-state index >= 15 is 0 Å². The van der Waals surface area contributed by atoms with E-state index in [0.717, 1.165) is 29.5 Å². The Labute approximate surface area is 239 Å². The van der Waals surface area contributed by atoms with Crippen molar-refractivity contribution in [2.45, 2.75) is 52.0 Å². The van der Waals surface area contributed by atoms with Gasteiger partial charge >= 0.3 is 6.18 Å². The Kier molecular flexibility index (Phi) is 10.2. The second-order valence-electron chi connectivity index (χ2n) is 10.2. The van der Waals surface area contributed by atoms with Crippen molar-refractivity contribution < 1.29 is 31.2 Å². The van der Waals surface area contributed by atoms with Crippen molar-refractivity contribution in [1.82, 2.24) is 10.2 Å². The first-order chi connectivity index (χ1) is 19.1. The number of nitrogens with zero attached hydrogens (tertiary/aromatic N) is 2. The third-order valence-corrected chi connectivity index (χ3v) is 7.46. The molecule has 0 saturated carbocycles. The summed E-state index contributed by atoms with van der Waals surface area (Å²) in [6.07, 6.45) is -3.76. The van der Waals surface area contributed by atoms with E-state index in [2.05, 4.69) is 5.32 Å². The normalized spacial score (nSPS) is 12.6. The maximum atomic E-state index is 14.0. The topological polar surface area (TPSA) is 86.8 Å². The van der Waals surface area contributed by atoms with Gasteiger partial charge in [0, 0.05) is 19.0 Å².